The van der Waals surface area contributed by atoms with Crippen molar-refractivity contribution in [3.63, 3.8) is 0 Å². The van der Waals surface area contributed by atoms with Gasteiger partial charge in [-0.2, -0.15) is 0 Å². The van der Waals surface area contributed by atoms with Crippen LogP contribution in [0.15, 0.2) is 47.6 Å². The zero-order valence-electron chi connectivity index (χ0n) is 11.7. The van der Waals surface area contributed by atoms with E-state index in [0.29, 0.717) is 0 Å². The van der Waals surface area contributed by atoms with E-state index in [1.165, 1.54) is 18.4 Å². The van der Waals surface area contributed by atoms with E-state index in [9.17, 15) is 4.79 Å². The highest BCUT2D eigenvalue weighted by Gasteiger charge is 2.17. The SMILES string of the molecule is CN(C)C(=O)/C(=C/c1ccccc1)C1=CCCCC1. The molecule has 1 amide bonds. The van der Waals surface area contributed by atoms with Crippen molar-refractivity contribution in [2.24, 2.45) is 0 Å². The molecule has 19 heavy (non-hydrogen) atoms. The highest BCUT2D eigenvalue weighted by atomic mass is 16.2. The van der Waals surface area contributed by atoms with Gasteiger partial charge < -0.3 is 4.90 Å². The minimum atomic E-state index is 0.0944. The maximum absolute atomic E-state index is 12.4. The van der Waals surface area contributed by atoms with E-state index in [-0.39, 0.29) is 5.91 Å². The smallest absolute Gasteiger partial charge is 0.253 e. The molecule has 0 unspecified atom stereocenters. The van der Waals surface area contributed by atoms with Crippen LogP contribution in [0.5, 0.6) is 0 Å². The molecular formula is C17H21NO. The molecule has 1 aromatic carbocycles. The molecule has 0 spiro atoms. The zero-order chi connectivity index (χ0) is 13.7. The minimum Gasteiger partial charge on any atom is -0.345 e. The van der Waals surface area contributed by atoms with E-state index in [1.807, 2.05) is 50.5 Å². The second kappa shape index (κ2) is 6.37. The van der Waals surface area contributed by atoms with Crippen LogP contribution in [0.1, 0.15) is 31.2 Å². The fraction of sp³-hybridized carbons (Fsp3) is 0.353. The first-order valence-corrected chi connectivity index (χ1v) is 6.86. The predicted octanol–water partition coefficient (Wildman–Crippen LogP) is 3.66. The molecule has 0 bridgehead atoms. The van der Waals surface area contributed by atoms with Crippen molar-refractivity contribution < 1.29 is 4.79 Å². The molecule has 1 aromatic rings. The molecule has 0 saturated heterocycles. The number of benzene rings is 1. The molecule has 0 atom stereocenters. The number of allylic oxidation sites excluding steroid dienone is 1. The molecule has 1 aliphatic carbocycles. The summed E-state index contributed by atoms with van der Waals surface area (Å²) in [5, 5.41) is 0. The lowest BCUT2D eigenvalue weighted by atomic mass is 9.91. The quantitative estimate of drug-likeness (QED) is 0.755. The summed E-state index contributed by atoms with van der Waals surface area (Å²) in [6.45, 7) is 0. The first kappa shape index (κ1) is 13.6. The van der Waals surface area contributed by atoms with E-state index in [2.05, 4.69) is 6.08 Å². The number of likely N-dealkylation sites (N-methyl/N-ethyl adjacent to an activating group) is 1. The largest absolute Gasteiger partial charge is 0.345 e. The number of amides is 1. The summed E-state index contributed by atoms with van der Waals surface area (Å²) in [6.07, 6.45) is 8.75. The third-order valence-electron chi connectivity index (χ3n) is 3.38. The molecule has 0 aromatic heterocycles. The van der Waals surface area contributed by atoms with Crippen LogP contribution in [0.2, 0.25) is 0 Å². The standard InChI is InChI=1S/C17H21NO/c1-18(2)17(19)16(15-11-7-4-8-12-15)13-14-9-5-3-6-10-14/h3,5-6,9-11,13H,4,7-8,12H2,1-2H3/b16-13+. The van der Waals surface area contributed by atoms with Crippen molar-refractivity contribution in [2.75, 3.05) is 14.1 Å². The van der Waals surface area contributed by atoms with Crippen molar-refractivity contribution in [3.8, 4) is 0 Å². The Hall–Kier alpha value is -1.83. The van der Waals surface area contributed by atoms with E-state index < -0.39 is 0 Å². The Balaban J connectivity index is 2.37. The van der Waals surface area contributed by atoms with Gasteiger partial charge in [0.25, 0.3) is 5.91 Å². The molecule has 2 heteroatoms. The molecule has 0 fully saturated rings. The van der Waals surface area contributed by atoms with E-state index in [1.54, 1.807) is 4.90 Å². The Morgan fingerprint density at radius 2 is 1.89 bits per heavy atom. The van der Waals surface area contributed by atoms with Crippen molar-refractivity contribution in [2.45, 2.75) is 25.7 Å². The monoisotopic (exact) mass is 255 g/mol. The predicted molar refractivity (Wildman–Crippen MR) is 79.7 cm³/mol. The Morgan fingerprint density at radius 1 is 1.16 bits per heavy atom. The van der Waals surface area contributed by atoms with Crippen LogP contribution in [0.25, 0.3) is 6.08 Å². The fourth-order valence-corrected chi connectivity index (χ4v) is 2.33. The minimum absolute atomic E-state index is 0.0944. The lowest BCUT2D eigenvalue weighted by molar-refractivity contribution is -0.124. The average Bonchev–Trinajstić information content (AvgIpc) is 2.46. The van der Waals surface area contributed by atoms with E-state index in [0.717, 1.165) is 24.0 Å². The number of carbonyl (C=O) groups excluding carboxylic acids is 1. The molecule has 2 nitrogen and oxygen atoms in total. The molecule has 0 saturated carbocycles. The van der Waals surface area contributed by atoms with Crippen molar-refractivity contribution in [1.29, 1.82) is 0 Å². The van der Waals surface area contributed by atoms with Gasteiger partial charge in [-0.3, -0.25) is 4.79 Å². The van der Waals surface area contributed by atoms with Gasteiger partial charge in [0.2, 0.25) is 0 Å². The third-order valence-corrected chi connectivity index (χ3v) is 3.38. The topological polar surface area (TPSA) is 20.3 Å². The summed E-state index contributed by atoms with van der Waals surface area (Å²) in [5.41, 5.74) is 3.13. The maximum atomic E-state index is 12.4. The van der Waals surface area contributed by atoms with Crippen LogP contribution in [-0.2, 0) is 4.79 Å². The molecule has 0 N–H and O–H groups in total. The normalized spacial score (nSPS) is 15.9. The summed E-state index contributed by atoms with van der Waals surface area (Å²) in [4.78, 5) is 14.0. The van der Waals surface area contributed by atoms with Gasteiger partial charge in [-0.25, -0.2) is 0 Å². The maximum Gasteiger partial charge on any atom is 0.253 e. The molecule has 0 radical (unpaired) electrons. The zero-order valence-corrected chi connectivity index (χ0v) is 11.7. The summed E-state index contributed by atoms with van der Waals surface area (Å²) in [7, 11) is 3.62. The first-order valence-electron chi connectivity index (χ1n) is 6.86. The number of hydrogen-bond donors (Lipinski definition) is 0. The Kier molecular flexibility index (Phi) is 4.56. The number of nitrogens with zero attached hydrogens (tertiary/aromatic N) is 1. The average molecular weight is 255 g/mol. The van der Waals surface area contributed by atoms with Gasteiger partial charge in [0.1, 0.15) is 0 Å². The van der Waals surface area contributed by atoms with Gasteiger partial charge in [-0.05, 0) is 42.9 Å². The molecule has 100 valence electrons. The van der Waals surface area contributed by atoms with Crippen molar-refractivity contribution in [1.82, 2.24) is 4.90 Å². The van der Waals surface area contributed by atoms with Crippen molar-refractivity contribution >= 4 is 12.0 Å². The van der Waals surface area contributed by atoms with Crippen LogP contribution >= 0.6 is 0 Å². The van der Waals surface area contributed by atoms with Crippen LogP contribution in [0.4, 0.5) is 0 Å². The first-order chi connectivity index (χ1) is 9.18. The van der Waals surface area contributed by atoms with Gasteiger partial charge in [-0.1, -0.05) is 36.4 Å². The number of hydrogen-bond acceptors (Lipinski definition) is 1. The number of rotatable bonds is 3. The fourth-order valence-electron chi connectivity index (χ4n) is 2.33. The Bertz CT molecular complexity index is 497. The second-order valence-corrected chi connectivity index (χ2v) is 5.14. The third kappa shape index (κ3) is 3.57. The molecule has 1 aliphatic rings. The highest BCUT2D eigenvalue weighted by molar-refractivity contribution is 6.01. The molecular weight excluding hydrogens is 234 g/mol. The lowest BCUT2D eigenvalue weighted by Gasteiger charge is -2.19. The van der Waals surface area contributed by atoms with E-state index >= 15 is 0 Å². The molecule has 0 heterocycles. The Morgan fingerprint density at radius 3 is 2.47 bits per heavy atom. The van der Waals surface area contributed by atoms with Crippen LogP contribution in [0.3, 0.4) is 0 Å². The van der Waals surface area contributed by atoms with Gasteiger partial charge in [0.05, 0.1) is 0 Å². The van der Waals surface area contributed by atoms with Gasteiger partial charge >= 0.3 is 0 Å². The van der Waals surface area contributed by atoms with Gasteiger partial charge in [0, 0.05) is 19.7 Å². The van der Waals surface area contributed by atoms with Crippen molar-refractivity contribution in [3.05, 3.63) is 53.1 Å². The second-order valence-electron chi connectivity index (χ2n) is 5.14. The van der Waals surface area contributed by atoms with Crippen LogP contribution < -0.4 is 0 Å². The van der Waals surface area contributed by atoms with Crippen LogP contribution in [-0.4, -0.2) is 24.9 Å². The van der Waals surface area contributed by atoms with Gasteiger partial charge in [-0.15, -0.1) is 0 Å². The van der Waals surface area contributed by atoms with E-state index in [4.69, 9.17) is 0 Å². The van der Waals surface area contributed by atoms with Crippen LogP contribution in [0, 0.1) is 0 Å². The molecule has 0 aliphatic heterocycles. The number of carbonyl (C=O) groups is 1. The summed E-state index contributed by atoms with van der Waals surface area (Å²) in [6, 6.07) is 10.1. The summed E-state index contributed by atoms with van der Waals surface area (Å²) in [5.74, 6) is 0.0944. The lowest BCUT2D eigenvalue weighted by Crippen LogP contribution is -2.24. The van der Waals surface area contributed by atoms with Gasteiger partial charge in [0.15, 0.2) is 0 Å². The highest BCUT2D eigenvalue weighted by Crippen LogP contribution is 2.26. The Labute approximate surface area is 115 Å². The summed E-state index contributed by atoms with van der Waals surface area (Å²) < 4.78 is 0. The molecule has 2 rings (SSSR count). The summed E-state index contributed by atoms with van der Waals surface area (Å²) >= 11 is 0.